The molecule has 2 amide bonds. The Labute approximate surface area is 109 Å². The quantitative estimate of drug-likeness (QED) is 0.683. The standard InChI is InChI=1S/C11H16N4O4/c1-14(6-9-12-2-3-13-9)11(19)15-5-7(16)4-8(15)10(17)18/h2-3,7-8,16H,4-6H2,1H3,(H,12,13)(H,17,18)/t7?,8-/m0/s1. The fourth-order valence-corrected chi connectivity index (χ4v) is 2.16. The van der Waals surface area contributed by atoms with E-state index < -0.39 is 24.1 Å². The van der Waals surface area contributed by atoms with Crippen LogP contribution < -0.4 is 0 Å². The zero-order valence-corrected chi connectivity index (χ0v) is 10.5. The van der Waals surface area contributed by atoms with Gasteiger partial charge in [0.2, 0.25) is 0 Å². The highest BCUT2D eigenvalue weighted by molar-refractivity contribution is 5.83. The number of nitrogens with zero attached hydrogens (tertiary/aromatic N) is 3. The molecule has 2 heterocycles. The van der Waals surface area contributed by atoms with Crippen molar-refractivity contribution in [1.82, 2.24) is 19.8 Å². The Kier molecular flexibility index (Phi) is 3.70. The lowest BCUT2D eigenvalue weighted by atomic mass is 10.2. The maximum Gasteiger partial charge on any atom is 0.326 e. The van der Waals surface area contributed by atoms with Crippen molar-refractivity contribution in [3.63, 3.8) is 0 Å². The predicted molar refractivity (Wildman–Crippen MR) is 64.2 cm³/mol. The first-order valence-corrected chi connectivity index (χ1v) is 5.90. The van der Waals surface area contributed by atoms with Gasteiger partial charge < -0.3 is 25.0 Å². The summed E-state index contributed by atoms with van der Waals surface area (Å²) in [5, 5.41) is 18.6. The van der Waals surface area contributed by atoms with Crippen LogP contribution in [0.3, 0.4) is 0 Å². The third-order valence-electron chi connectivity index (χ3n) is 3.08. The molecule has 1 fully saturated rings. The number of aromatic amines is 1. The summed E-state index contributed by atoms with van der Waals surface area (Å²) in [5.74, 6) is -0.487. The van der Waals surface area contributed by atoms with Crippen molar-refractivity contribution in [1.29, 1.82) is 0 Å². The van der Waals surface area contributed by atoms with Gasteiger partial charge in [0.25, 0.3) is 0 Å². The number of aromatic nitrogens is 2. The Morgan fingerprint density at radius 1 is 1.63 bits per heavy atom. The van der Waals surface area contributed by atoms with E-state index in [1.807, 2.05) is 0 Å². The number of imidazole rings is 1. The zero-order chi connectivity index (χ0) is 14.0. The number of carboxylic acid groups (broad SMARTS) is 1. The topological polar surface area (TPSA) is 110 Å². The van der Waals surface area contributed by atoms with E-state index in [4.69, 9.17) is 5.11 Å². The molecule has 0 bridgehead atoms. The van der Waals surface area contributed by atoms with E-state index in [1.54, 1.807) is 19.4 Å². The fourth-order valence-electron chi connectivity index (χ4n) is 2.16. The Bertz CT molecular complexity index is 461. The monoisotopic (exact) mass is 268 g/mol. The molecule has 1 aromatic rings. The fraction of sp³-hybridized carbons (Fsp3) is 0.545. The number of rotatable bonds is 3. The van der Waals surface area contributed by atoms with Crippen molar-refractivity contribution >= 4 is 12.0 Å². The number of carbonyl (C=O) groups excluding carboxylic acids is 1. The van der Waals surface area contributed by atoms with E-state index in [-0.39, 0.29) is 19.5 Å². The Hall–Kier alpha value is -2.09. The molecular formula is C11H16N4O4. The van der Waals surface area contributed by atoms with Gasteiger partial charge in [-0.3, -0.25) is 0 Å². The molecule has 3 N–H and O–H groups in total. The SMILES string of the molecule is CN(Cc1ncc[nH]1)C(=O)N1CC(O)C[C@H]1C(=O)O. The number of β-amino-alcohol motifs (C(OH)–C–C–N with tert-alkyl or cyclic N) is 1. The Morgan fingerprint density at radius 2 is 2.37 bits per heavy atom. The zero-order valence-electron chi connectivity index (χ0n) is 10.5. The molecule has 8 nitrogen and oxygen atoms in total. The molecule has 0 spiro atoms. The average molecular weight is 268 g/mol. The average Bonchev–Trinajstić information content (AvgIpc) is 2.97. The second kappa shape index (κ2) is 5.27. The first kappa shape index (κ1) is 13.3. The number of carboxylic acids is 1. The highest BCUT2D eigenvalue weighted by Crippen LogP contribution is 2.20. The van der Waals surface area contributed by atoms with Gasteiger partial charge in [0.05, 0.1) is 12.6 Å². The molecule has 0 aromatic carbocycles. The molecule has 0 aliphatic carbocycles. The number of nitrogens with one attached hydrogen (secondary N) is 1. The summed E-state index contributed by atoms with van der Waals surface area (Å²) in [6.45, 7) is 0.295. The molecule has 0 radical (unpaired) electrons. The summed E-state index contributed by atoms with van der Waals surface area (Å²) in [4.78, 5) is 32.6. The first-order valence-electron chi connectivity index (χ1n) is 5.90. The molecule has 0 saturated carbocycles. The van der Waals surface area contributed by atoms with E-state index in [2.05, 4.69) is 9.97 Å². The van der Waals surface area contributed by atoms with Crippen LogP contribution in [0.15, 0.2) is 12.4 Å². The van der Waals surface area contributed by atoms with Gasteiger partial charge in [-0.15, -0.1) is 0 Å². The highest BCUT2D eigenvalue weighted by Gasteiger charge is 2.40. The van der Waals surface area contributed by atoms with Gasteiger partial charge in [-0.1, -0.05) is 0 Å². The summed E-state index contributed by atoms with van der Waals surface area (Å²) >= 11 is 0. The van der Waals surface area contributed by atoms with Gasteiger partial charge >= 0.3 is 12.0 Å². The van der Waals surface area contributed by atoms with Crippen LogP contribution in [0.25, 0.3) is 0 Å². The summed E-state index contributed by atoms with van der Waals surface area (Å²) in [7, 11) is 1.56. The van der Waals surface area contributed by atoms with E-state index in [1.165, 1.54) is 9.80 Å². The normalized spacial score (nSPS) is 22.5. The van der Waals surface area contributed by atoms with Crippen molar-refractivity contribution < 1.29 is 19.8 Å². The maximum atomic E-state index is 12.2. The molecule has 1 saturated heterocycles. The molecular weight excluding hydrogens is 252 g/mol. The highest BCUT2D eigenvalue weighted by atomic mass is 16.4. The second-order valence-corrected chi connectivity index (χ2v) is 4.57. The lowest BCUT2D eigenvalue weighted by Crippen LogP contribution is -2.46. The minimum Gasteiger partial charge on any atom is -0.480 e. The molecule has 8 heteroatoms. The van der Waals surface area contributed by atoms with E-state index in [9.17, 15) is 14.7 Å². The molecule has 2 rings (SSSR count). The number of aliphatic carboxylic acids is 1. The maximum absolute atomic E-state index is 12.2. The number of aliphatic hydroxyl groups is 1. The summed E-state index contributed by atoms with van der Waals surface area (Å²) in [5.41, 5.74) is 0. The van der Waals surface area contributed by atoms with Gasteiger partial charge in [-0.05, 0) is 0 Å². The molecule has 1 aliphatic rings. The predicted octanol–water partition coefficient (Wildman–Crippen LogP) is -0.519. The van der Waals surface area contributed by atoms with Crippen LogP contribution in [0.1, 0.15) is 12.2 Å². The largest absolute Gasteiger partial charge is 0.480 e. The van der Waals surface area contributed by atoms with E-state index >= 15 is 0 Å². The number of amides is 2. The smallest absolute Gasteiger partial charge is 0.326 e. The number of likely N-dealkylation sites (tertiary alicyclic amines) is 1. The molecule has 1 unspecified atom stereocenters. The van der Waals surface area contributed by atoms with Crippen LogP contribution in [0.5, 0.6) is 0 Å². The molecule has 104 valence electrons. The molecule has 1 aliphatic heterocycles. The number of urea groups is 1. The number of hydrogen-bond acceptors (Lipinski definition) is 4. The van der Waals surface area contributed by atoms with Crippen LogP contribution in [-0.2, 0) is 11.3 Å². The van der Waals surface area contributed by atoms with Gasteiger partial charge in [0, 0.05) is 32.4 Å². The van der Waals surface area contributed by atoms with Crippen LogP contribution in [0, 0.1) is 0 Å². The van der Waals surface area contributed by atoms with Crippen LogP contribution in [-0.4, -0.2) is 67.7 Å². The first-order chi connectivity index (χ1) is 8.99. The molecule has 19 heavy (non-hydrogen) atoms. The van der Waals surface area contributed by atoms with Gasteiger partial charge in [0.1, 0.15) is 11.9 Å². The lowest BCUT2D eigenvalue weighted by molar-refractivity contribution is -0.141. The number of aliphatic hydroxyl groups excluding tert-OH is 1. The minimum absolute atomic E-state index is 0.0400. The number of H-pyrrole nitrogens is 1. The molecule has 2 atom stereocenters. The van der Waals surface area contributed by atoms with Gasteiger partial charge in [-0.2, -0.15) is 0 Å². The van der Waals surface area contributed by atoms with E-state index in [0.717, 1.165) is 0 Å². The van der Waals surface area contributed by atoms with Gasteiger partial charge in [0.15, 0.2) is 0 Å². The van der Waals surface area contributed by atoms with Crippen molar-refractivity contribution in [2.45, 2.75) is 25.1 Å². The van der Waals surface area contributed by atoms with E-state index in [0.29, 0.717) is 5.82 Å². The minimum atomic E-state index is -1.10. The number of carbonyl (C=O) groups is 2. The second-order valence-electron chi connectivity index (χ2n) is 4.57. The Balaban J connectivity index is 2.03. The lowest BCUT2D eigenvalue weighted by Gasteiger charge is -2.26. The van der Waals surface area contributed by atoms with Crippen molar-refractivity contribution in [2.24, 2.45) is 0 Å². The third kappa shape index (κ3) is 2.84. The Morgan fingerprint density at radius 3 is 2.95 bits per heavy atom. The summed E-state index contributed by atoms with van der Waals surface area (Å²) in [6.07, 6.45) is 2.50. The molecule has 1 aromatic heterocycles. The van der Waals surface area contributed by atoms with Crippen molar-refractivity contribution in [3.8, 4) is 0 Å². The summed E-state index contributed by atoms with van der Waals surface area (Å²) in [6, 6.07) is -1.40. The van der Waals surface area contributed by atoms with Crippen molar-refractivity contribution in [3.05, 3.63) is 18.2 Å². The van der Waals surface area contributed by atoms with Crippen molar-refractivity contribution in [2.75, 3.05) is 13.6 Å². The van der Waals surface area contributed by atoms with Crippen LogP contribution in [0.4, 0.5) is 4.79 Å². The van der Waals surface area contributed by atoms with Crippen LogP contribution >= 0.6 is 0 Å². The third-order valence-corrected chi connectivity index (χ3v) is 3.08. The van der Waals surface area contributed by atoms with Crippen LogP contribution in [0.2, 0.25) is 0 Å². The van der Waals surface area contributed by atoms with Gasteiger partial charge in [-0.25, -0.2) is 14.6 Å². The summed E-state index contributed by atoms with van der Waals surface area (Å²) < 4.78 is 0. The number of hydrogen-bond donors (Lipinski definition) is 3.